The molecule has 0 saturated carbocycles. The van der Waals surface area contributed by atoms with E-state index in [0.29, 0.717) is 17.9 Å². The van der Waals surface area contributed by atoms with Crippen LogP contribution in [-0.2, 0) is 0 Å². The summed E-state index contributed by atoms with van der Waals surface area (Å²) in [6, 6.07) is 11.7. The molecule has 0 aliphatic heterocycles. The lowest BCUT2D eigenvalue weighted by Gasteiger charge is -2.03. The molecule has 2 rings (SSSR count). The lowest BCUT2D eigenvalue weighted by atomic mass is 10.1. The maximum atomic E-state index is 12.2. The molecule has 2 aromatic rings. The molecule has 5 heteroatoms. The molecule has 0 N–H and O–H groups in total. The van der Waals surface area contributed by atoms with Crippen LogP contribution in [0.25, 0.3) is 6.08 Å². The number of hydrogen-bond acceptors (Lipinski definition) is 4. The highest BCUT2D eigenvalue weighted by molar-refractivity contribution is 6.07. The molecule has 0 atom stereocenters. The molecule has 0 spiro atoms. The van der Waals surface area contributed by atoms with Crippen molar-refractivity contribution in [2.24, 2.45) is 0 Å². The van der Waals surface area contributed by atoms with Gasteiger partial charge in [0.25, 0.3) is 5.69 Å². The second-order valence-corrected chi connectivity index (χ2v) is 5.12. The monoisotopic (exact) mass is 323 g/mol. The Morgan fingerprint density at radius 1 is 1.25 bits per heavy atom. The molecule has 122 valence electrons. The van der Waals surface area contributed by atoms with Crippen molar-refractivity contribution in [1.82, 2.24) is 0 Å². The number of carbonyl (C=O) groups is 1. The van der Waals surface area contributed by atoms with Gasteiger partial charge in [-0.05, 0) is 30.7 Å². The Morgan fingerprint density at radius 3 is 2.58 bits per heavy atom. The van der Waals surface area contributed by atoms with Gasteiger partial charge < -0.3 is 4.74 Å². The highest BCUT2D eigenvalue weighted by atomic mass is 16.6. The number of carbonyl (C=O) groups excluding carboxylic acids is 1. The van der Waals surface area contributed by atoms with Crippen LogP contribution in [0.1, 0.15) is 21.5 Å². The summed E-state index contributed by atoms with van der Waals surface area (Å²) in [5.41, 5.74) is 1.58. The average Bonchev–Trinajstić information content (AvgIpc) is 2.59. The highest BCUT2D eigenvalue weighted by Crippen LogP contribution is 2.20. The van der Waals surface area contributed by atoms with Gasteiger partial charge in [-0.3, -0.25) is 14.9 Å². The predicted molar refractivity (Wildman–Crippen MR) is 93.3 cm³/mol. The minimum Gasteiger partial charge on any atom is -0.490 e. The van der Waals surface area contributed by atoms with Gasteiger partial charge in [-0.1, -0.05) is 43.0 Å². The number of aryl methyl sites for hydroxylation is 1. The summed E-state index contributed by atoms with van der Waals surface area (Å²) in [6.07, 6.45) is 4.71. The summed E-state index contributed by atoms with van der Waals surface area (Å²) in [4.78, 5) is 22.6. The number of allylic oxidation sites excluding steroid dienone is 1. The Morgan fingerprint density at radius 2 is 1.96 bits per heavy atom. The average molecular weight is 323 g/mol. The van der Waals surface area contributed by atoms with E-state index in [4.69, 9.17) is 4.74 Å². The summed E-state index contributed by atoms with van der Waals surface area (Å²) < 4.78 is 5.38. The zero-order chi connectivity index (χ0) is 17.5. The molecular weight excluding hydrogens is 306 g/mol. The van der Waals surface area contributed by atoms with Crippen LogP contribution < -0.4 is 4.74 Å². The number of ether oxygens (including phenoxy) is 1. The maximum absolute atomic E-state index is 12.2. The van der Waals surface area contributed by atoms with Crippen molar-refractivity contribution in [2.45, 2.75) is 6.92 Å². The minimum absolute atomic E-state index is 0.0574. The van der Waals surface area contributed by atoms with Gasteiger partial charge in [-0.15, -0.1) is 0 Å². The maximum Gasteiger partial charge on any atom is 0.273 e. The lowest BCUT2D eigenvalue weighted by Crippen LogP contribution is -1.98. The Hall–Kier alpha value is -3.21. The number of hydrogen-bond donors (Lipinski definition) is 0. The Balaban J connectivity index is 2.11. The topological polar surface area (TPSA) is 69.4 Å². The fraction of sp³-hybridized carbons (Fsp3) is 0.105. The van der Waals surface area contributed by atoms with Gasteiger partial charge in [0.15, 0.2) is 5.78 Å². The third kappa shape index (κ3) is 4.39. The fourth-order valence-electron chi connectivity index (χ4n) is 2.06. The van der Waals surface area contributed by atoms with E-state index in [2.05, 4.69) is 6.58 Å². The number of ketones is 1. The van der Waals surface area contributed by atoms with Crippen molar-refractivity contribution < 1.29 is 14.5 Å². The third-order valence-corrected chi connectivity index (χ3v) is 3.37. The van der Waals surface area contributed by atoms with Gasteiger partial charge in [0.05, 0.1) is 4.92 Å². The molecule has 0 amide bonds. The summed E-state index contributed by atoms with van der Waals surface area (Å²) >= 11 is 0. The summed E-state index contributed by atoms with van der Waals surface area (Å²) in [7, 11) is 0. The molecule has 5 nitrogen and oxygen atoms in total. The first kappa shape index (κ1) is 17.1. The molecule has 0 unspecified atom stereocenters. The van der Waals surface area contributed by atoms with Crippen LogP contribution in [0.3, 0.4) is 0 Å². The van der Waals surface area contributed by atoms with Gasteiger partial charge in [0.2, 0.25) is 0 Å². The van der Waals surface area contributed by atoms with E-state index in [-0.39, 0.29) is 17.0 Å². The first-order valence-electron chi connectivity index (χ1n) is 7.32. The molecule has 2 aromatic carbocycles. The van der Waals surface area contributed by atoms with E-state index in [1.54, 1.807) is 43.3 Å². The molecule has 0 aromatic heterocycles. The van der Waals surface area contributed by atoms with Crippen molar-refractivity contribution in [2.75, 3.05) is 6.61 Å². The van der Waals surface area contributed by atoms with Crippen molar-refractivity contribution in [3.63, 3.8) is 0 Å². The van der Waals surface area contributed by atoms with Gasteiger partial charge in [0, 0.05) is 17.2 Å². The Bertz CT molecular complexity index is 792. The standard InChI is InChI=1S/C19H17NO4/c1-3-12-24-17-9-5-15(6-10-17)7-11-19(21)16-8-4-14(2)18(13-16)20(22)23/h3-11,13H,1,12H2,2H3/b11-7+. The third-order valence-electron chi connectivity index (χ3n) is 3.37. The van der Waals surface area contributed by atoms with Gasteiger partial charge in [-0.2, -0.15) is 0 Å². The van der Waals surface area contributed by atoms with Crippen molar-refractivity contribution in [1.29, 1.82) is 0 Å². The van der Waals surface area contributed by atoms with E-state index in [9.17, 15) is 14.9 Å². The first-order valence-corrected chi connectivity index (χ1v) is 7.32. The second kappa shape index (κ2) is 7.87. The van der Waals surface area contributed by atoms with Crippen molar-refractivity contribution in [3.8, 4) is 5.75 Å². The summed E-state index contributed by atoms with van der Waals surface area (Å²) in [5.74, 6) is 0.428. The fourth-order valence-corrected chi connectivity index (χ4v) is 2.06. The second-order valence-electron chi connectivity index (χ2n) is 5.12. The minimum atomic E-state index is -0.488. The van der Waals surface area contributed by atoms with Crippen LogP contribution in [-0.4, -0.2) is 17.3 Å². The van der Waals surface area contributed by atoms with E-state index in [0.717, 1.165) is 5.56 Å². The summed E-state index contributed by atoms with van der Waals surface area (Å²) in [5, 5.41) is 10.9. The molecule has 0 heterocycles. The normalized spacial score (nSPS) is 10.5. The van der Waals surface area contributed by atoms with Crippen LogP contribution >= 0.6 is 0 Å². The van der Waals surface area contributed by atoms with E-state index in [1.165, 1.54) is 12.1 Å². The van der Waals surface area contributed by atoms with Gasteiger partial charge in [-0.25, -0.2) is 0 Å². The van der Waals surface area contributed by atoms with Crippen molar-refractivity contribution >= 4 is 17.5 Å². The molecule has 0 aliphatic carbocycles. The first-order chi connectivity index (χ1) is 11.5. The van der Waals surface area contributed by atoms with Crippen LogP contribution in [0.5, 0.6) is 5.75 Å². The van der Waals surface area contributed by atoms with Crippen LogP contribution in [0.4, 0.5) is 5.69 Å². The highest BCUT2D eigenvalue weighted by Gasteiger charge is 2.13. The molecule has 0 saturated heterocycles. The SMILES string of the molecule is C=CCOc1ccc(/C=C/C(=O)c2ccc(C)c([N+](=O)[O-])c2)cc1. The number of nitro benzene ring substituents is 1. The molecule has 24 heavy (non-hydrogen) atoms. The lowest BCUT2D eigenvalue weighted by molar-refractivity contribution is -0.385. The summed E-state index contributed by atoms with van der Waals surface area (Å²) in [6.45, 7) is 5.65. The molecule has 0 fully saturated rings. The number of nitrogens with zero attached hydrogens (tertiary/aromatic N) is 1. The number of nitro groups is 1. The number of benzene rings is 2. The Labute approximate surface area is 140 Å². The zero-order valence-electron chi connectivity index (χ0n) is 13.3. The van der Waals surface area contributed by atoms with E-state index >= 15 is 0 Å². The van der Waals surface area contributed by atoms with Gasteiger partial charge in [0.1, 0.15) is 12.4 Å². The van der Waals surface area contributed by atoms with Crippen molar-refractivity contribution in [3.05, 3.63) is 88.0 Å². The smallest absolute Gasteiger partial charge is 0.273 e. The van der Waals surface area contributed by atoms with Crippen LogP contribution in [0.15, 0.2) is 61.2 Å². The number of rotatable bonds is 7. The largest absolute Gasteiger partial charge is 0.490 e. The molecule has 0 radical (unpaired) electrons. The predicted octanol–water partition coefficient (Wildman–Crippen LogP) is 4.36. The van der Waals surface area contributed by atoms with Gasteiger partial charge >= 0.3 is 0 Å². The van der Waals surface area contributed by atoms with E-state index in [1.807, 2.05) is 12.1 Å². The van der Waals surface area contributed by atoms with E-state index < -0.39 is 4.92 Å². The molecule has 0 bridgehead atoms. The van der Waals surface area contributed by atoms with Crippen LogP contribution in [0, 0.1) is 17.0 Å². The van der Waals surface area contributed by atoms with Crippen LogP contribution in [0.2, 0.25) is 0 Å². The Kier molecular flexibility index (Phi) is 5.63. The molecule has 0 aliphatic rings. The quantitative estimate of drug-likeness (QED) is 0.249. The zero-order valence-corrected chi connectivity index (χ0v) is 13.3. The molecular formula is C19H17NO4.